The molecule has 0 aliphatic carbocycles. The number of benzene rings is 3. The molecule has 1 N–H and O–H groups in total. The Morgan fingerprint density at radius 2 is 1.76 bits per heavy atom. The van der Waals surface area contributed by atoms with Crippen LogP contribution in [0, 0.1) is 5.82 Å². The number of ether oxygens (including phenoxy) is 2. The molecule has 194 valence electrons. The molecule has 4 aromatic rings. The maximum atomic E-state index is 13.8. The van der Waals surface area contributed by atoms with Crippen LogP contribution in [-0.4, -0.2) is 42.5 Å². The molecular formula is C29H23ClFNO6. The molecule has 0 spiro atoms. The van der Waals surface area contributed by atoms with Crippen LogP contribution in [0.15, 0.2) is 82.5 Å². The monoisotopic (exact) mass is 535 g/mol. The van der Waals surface area contributed by atoms with E-state index in [0.29, 0.717) is 39.5 Å². The highest BCUT2D eigenvalue weighted by molar-refractivity contribution is 6.31. The van der Waals surface area contributed by atoms with E-state index in [9.17, 15) is 19.1 Å². The highest BCUT2D eigenvalue weighted by Crippen LogP contribution is 2.42. The zero-order valence-corrected chi connectivity index (χ0v) is 21.3. The molecule has 1 atom stereocenters. The van der Waals surface area contributed by atoms with Gasteiger partial charge in [-0.1, -0.05) is 29.8 Å². The van der Waals surface area contributed by atoms with Crippen LogP contribution in [0.2, 0.25) is 5.02 Å². The Kier molecular flexibility index (Phi) is 6.82. The average Bonchev–Trinajstić information content (AvgIpc) is 3.45. The summed E-state index contributed by atoms with van der Waals surface area (Å²) in [6.45, 7) is 0.153. The number of methoxy groups -OCH3 is 2. The fraction of sp³-hybridized carbons (Fsp3) is 0.172. The van der Waals surface area contributed by atoms with Crippen molar-refractivity contribution in [3.8, 4) is 11.5 Å². The maximum Gasteiger partial charge on any atom is 0.290 e. The summed E-state index contributed by atoms with van der Waals surface area (Å²) >= 11 is 6.08. The van der Waals surface area contributed by atoms with Gasteiger partial charge in [-0.15, -0.1) is 0 Å². The number of Topliss-reactive ketones (excluding diaryl/α,β-unsaturated/α-hetero) is 1. The molecule has 5 rings (SSSR count). The van der Waals surface area contributed by atoms with Crippen molar-refractivity contribution in [3.63, 3.8) is 0 Å². The standard InChI is InChI=1S/C29H23ClFNO6/c1-36-22-9-5-17(14-23(22)37-2)26-25(27(33)24-15-18-13-19(30)6-10-21(18)38-24)28(34)29(35)32(26)12-11-16-3-7-20(31)8-4-16/h3-10,13-15,26,34H,11-12H2,1-2H3. The summed E-state index contributed by atoms with van der Waals surface area (Å²) < 4.78 is 29.9. The van der Waals surface area contributed by atoms with Gasteiger partial charge in [0, 0.05) is 17.0 Å². The van der Waals surface area contributed by atoms with Gasteiger partial charge in [0.05, 0.1) is 25.8 Å². The fourth-order valence-corrected chi connectivity index (χ4v) is 4.83. The maximum absolute atomic E-state index is 13.8. The van der Waals surface area contributed by atoms with Gasteiger partial charge < -0.3 is 23.9 Å². The third kappa shape index (κ3) is 4.59. The third-order valence-electron chi connectivity index (χ3n) is 6.53. The van der Waals surface area contributed by atoms with E-state index >= 15 is 0 Å². The Morgan fingerprint density at radius 1 is 1.03 bits per heavy atom. The number of amides is 1. The molecule has 1 unspecified atom stereocenters. The van der Waals surface area contributed by atoms with Crippen LogP contribution < -0.4 is 9.47 Å². The number of halogens is 2. The summed E-state index contributed by atoms with van der Waals surface area (Å²) in [4.78, 5) is 28.5. The van der Waals surface area contributed by atoms with Crippen LogP contribution in [0.4, 0.5) is 4.39 Å². The van der Waals surface area contributed by atoms with E-state index in [-0.39, 0.29) is 23.7 Å². The van der Waals surface area contributed by atoms with Crippen LogP contribution in [-0.2, 0) is 11.2 Å². The molecule has 1 aliphatic heterocycles. The fourth-order valence-electron chi connectivity index (χ4n) is 4.65. The van der Waals surface area contributed by atoms with Crippen LogP contribution in [0.1, 0.15) is 27.7 Å². The van der Waals surface area contributed by atoms with Crippen molar-refractivity contribution in [2.45, 2.75) is 12.5 Å². The topological polar surface area (TPSA) is 89.2 Å². The predicted molar refractivity (Wildman–Crippen MR) is 139 cm³/mol. The van der Waals surface area contributed by atoms with E-state index in [2.05, 4.69) is 0 Å². The highest BCUT2D eigenvalue weighted by atomic mass is 35.5. The van der Waals surface area contributed by atoms with Crippen molar-refractivity contribution in [2.24, 2.45) is 0 Å². The SMILES string of the molecule is COc1ccc(C2C(C(=O)c3cc4cc(Cl)ccc4o3)=C(O)C(=O)N2CCc2ccc(F)cc2)cc1OC. The van der Waals surface area contributed by atoms with E-state index in [0.717, 1.165) is 5.56 Å². The summed E-state index contributed by atoms with van der Waals surface area (Å²) in [5, 5.41) is 12.1. The van der Waals surface area contributed by atoms with Crippen molar-refractivity contribution >= 4 is 34.3 Å². The van der Waals surface area contributed by atoms with Crippen LogP contribution >= 0.6 is 11.6 Å². The van der Waals surface area contributed by atoms with Gasteiger partial charge in [-0.2, -0.15) is 0 Å². The molecule has 9 heteroatoms. The molecule has 7 nitrogen and oxygen atoms in total. The molecule has 38 heavy (non-hydrogen) atoms. The Bertz CT molecular complexity index is 1580. The third-order valence-corrected chi connectivity index (χ3v) is 6.76. The van der Waals surface area contributed by atoms with Gasteiger partial charge in [-0.3, -0.25) is 9.59 Å². The Balaban J connectivity index is 1.57. The highest BCUT2D eigenvalue weighted by Gasteiger charge is 2.44. The Hall–Kier alpha value is -4.30. The van der Waals surface area contributed by atoms with Crippen molar-refractivity contribution < 1.29 is 33.0 Å². The number of rotatable bonds is 8. The molecule has 0 saturated heterocycles. The summed E-state index contributed by atoms with van der Waals surface area (Å²) in [6, 6.07) is 16.5. The number of ketones is 1. The van der Waals surface area contributed by atoms with Crippen LogP contribution in [0.25, 0.3) is 11.0 Å². The first kappa shape index (κ1) is 25.4. The number of hydrogen-bond donors (Lipinski definition) is 1. The number of carbonyl (C=O) groups excluding carboxylic acids is 2. The molecule has 0 fully saturated rings. The van der Waals surface area contributed by atoms with E-state index in [1.165, 1.54) is 37.3 Å². The summed E-state index contributed by atoms with van der Waals surface area (Å²) in [6.07, 6.45) is 0.369. The number of carbonyl (C=O) groups is 2. The minimum absolute atomic E-state index is 0.0394. The lowest BCUT2D eigenvalue weighted by Crippen LogP contribution is -2.33. The second-order valence-corrected chi connectivity index (χ2v) is 9.21. The molecule has 0 bridgehead atoms. The number of fused-ring (bicyclic) bond motifs is 1. The second-order valence-electron chi connectivity index (χ2n) is 8.78. The number of aliphatic hydroxyl groups excluding tert-OH is 1. The lowest BCUT2D eigenvalue weighted by molar-refractivity contribution is -0.129. The number of aliphatic hydroxyl groups is 1. The number of furan rings is 1. The lowest BCUT2D eigenvalue weighted by atomic mass is 9.94. The first-order valence-electron chi connectivity index (χ1n) is 11.7. The lowest BCUT2D eigenvalue weighted by Gasteiger charge is -2.27. The quantitative estimate of drug-likeness (QED) is 0.276. The Labute approximate surface area is 222 Å². The molecule has 1 aromatic heterocycles. The first-order chi connectivity index (χ1) is 18.3. The van der Waals surface area contributed by atoms with E-state index in [4.69, 9.17) is 25.5 Å². The van der Waals surface area contributed by atoms with Gasteiger partial charge in [-0.25, -0.2) is 4.39 Å². The predicted octanol–water partition coefficient (Wildman–Crippen LogP) is 6.06. The van der Waals surface area contributed by atoms with Gasteiger partial charge in [-0.05, 0) is 66.1 Å². The van der Waals surface area contributed by atoms with E-state index in [1.807, 2.05) is 0 Å². The number of nitrogens with zero attached hydrogens (tertiary/aromatic N) is 1. The van der Waals surface area contributed by atoms with Gasteiger partial charge >= 0.3 is 0 Å². The van der Waals surface area contributed by atoms with Gasteiger partial charge in [0.2, 0.25) is 5.78 Å². The van der Waals surface area contributed by atoms with Gasteiger partial charge in [0.15, 0.2) is 23.0 Å². The minimum atomic E-state index is -0.938. The zero-order valence-electron chi connectivity index (χ0n) is 20.5. The zero-order chi connectivity index (χ0) is 27.0. The molecule has 3 aromatic carbocycles. The first-order valence-corrected chi connectivity index (χ1v) is 12.1. The molecule has 1 amide bonds. The Morgan fingerprint density at radius 3 is 2.47 bits per heavy atom. The van der Waals surface area contributed by atoms with Crippen LogP contribution in [0.5, 0.6) is 11.5 Å². The summed E-state index contributed by atoms with van der Waals surface area (Å²) in [5.74, 6) is -1.54. The van der Waals surface area contributed by atoms with Crippen molar-refractivity contribution in [3.05, 3.63) is 106 Å². The molecule has 1 aliphatic rings. The van der Waals surface area contributed by atoms with Crippen molar-refractivity contribution in [1.82, 2.24) is 4.90 Å². The second kappa shape index (κ2) is 10.2. The van der Waals surface area contributed by atoms with Crippen LogP contribution in [0.3, 0.4) is 0 Å². The minimum Gasteiger partial charge on any atom is -0.503 e. The summed E-state index contributed by atoms with van der Waals surface area (Å²) in [7, 11) is 2.98. The van der Waals surface area contributed by atoms with Crippen molar-refractivity contribution in [1.29, 1.82) is 0 Å². The number of hydrogen-bond acceptors (Lipinski definition) is 6. The molecule has 0 radical (unpaired) electrons. The molecule has 0 saturated carbocycles. The largest absolute Gasteiger partial charge is 0.503 e. The normalized spacial score (nSPS) is 15.4. The van der Waals surface area contributed by atoms with Gasteiger partial charge in [0.1, 0.15) is 11.4 Å². The van der Waals surface area contributed by atoms with Crippen molar-refractivity contribution in [2.75, 3.05) is 20.8 Å². The van der Waals surface area contributed by atoms with E-state index in [1.54, 1.807) is 48.5 Å². The van der Waals surface area contributed by atoms with Gasteiger partial charge in [0.25, 0.3) is 5.91 Å². The smallest absolute Gasteiger partial charge is 0.290 e. The average molecular weight is 536 g/mol. The molecule has 2 heterocycles. The summed E-state index contributed by atoms with van der Waals surface area (Å²) in [5.41, 5.74) is 1.64. The molecular weight excluding hydrogens is 513 g/mol. The van der Waals surface area contributed by atoms with E-state index < -0.39 is 23.5 Å².